The maximum atomic E-state index is 13.6. The summed E-state index contributed by atoms with van der Waals surface area (Å²) in [4.78, 5) is 52.0. The largest absolute Gasteiger partial charge is 1.00 e. The zero-order valence-corrected chi connectivity index (χ0v) is 33.6. The van der Waals surface area contributed by atoms with Crippen LogP contribution >= 0.6 is 15.9 Å². The van der Waals surface area contributed by atoms with E-state index in [9.17, 15) is 19.2 Å². The summed E-state index contributed by atoms with van der Waals surface area (Å²) in [6.07, 6.45) is 13.2. The topological polar surface area (TPSA) is 148 Å². The number of esters is 1. The van der Waals surface area contributed by atoms with Crippen LogP contribution in [-0.4, -0.2) is 49.7 Å². The normalized spacial score (nSPS) is 20.3. The first-order valence-corrected chi connectivity index (χ1v) is 20.3. The third kappa shape index (κ3) is 15.6. The summed E-state index contributed by atoms with van der Waals surface area (Å²) in [7, 11) is 0. The number of quaternary nitrogens is 1. The summed E-state index contributed by atoms with van der Waals surface area (Å²) in [5.74, 6) is 0.544. The first-order valence-electron chi connectivity index (χ1n) is 19.5. The molecule has 2 saturated carbocycles. The minimum absolute atomic E-state index is 0. The number of rotatable bonds is 19. The number of carbonyl (C=O) groups is 4. The lowest BCUT2D eigenvalue weighted by Crippen LogP contribution is -3.00. The predicted molar refractivity (Wildman–Crippen MR) is 203 cm³/mol. The van der Waals surface area contributed by atoms with Gasteiger partial charge in [0.1, 0.15) is 18.4 Å². The number of unbranched alkanes of at least 4 members (excludes halogenated alkanes) is 5. The molecule has 4 rings (SSSR count). The summed E-state index contributed by atoms with van der Waals surface area (Å²) < 4.78 is 17.0. The molecule has 2 amide bonds. The molecule has 0 unspecified atom stereocenters. The molecule has 0 aliphatic heterocycles. The van der Waals surface area contributed by atoms with Gasteiger partial charge in [-0.1, -0.05) is 85.3 Å². The molecule has 0 aromatic heterocycles. The second-order valence-electron chi connectivity index (χ2n) is 14.5. The minimum Gasteiger partial charge on any atom is -1.00 e. The summed E-state index contributed by atoms with van der Waals surface area (Å²) in [5, 5.41) is 6.17. The lowest BCUT2D eigenvalue weighted by atomic mass is 9.81. The molecule has 2 aliphatic carbocycles. The maximum absolute atomic E-state index is 13.6. The van der Waals surface area contributed by atoms with E-state index in [0.29, 0.717) is 24.8 Å². The molecule has 2 fully saturated rings. The van der Waals surface area contributed by atoms with E-state index in [-0.39, 0.29) is 61.0 Å². The van der Waals surface area contributed by atoms with Crippen LogP contribution in [0.4, 0.5) is 4.79 Å². The van der Waals surface area contributed by atoms with Crippen molar-refractivity contribution in [3.8, 4) is 5.75 Å². The monoisotopic (exact) mass is 819 g/mol. The number of hydrogen-bond donors (Lipinski definition) is 3. The number of halogens is 2. The molecule has 294 valence electrons. The van der Waals surface area contributed by atoms with E-state index in [1.807, 2.05) is 24.3 Å². The molecule has 12 heteroatoms. The summed E-state index contributed by atoms with van der Waals surface area (Å²) in [6, 6.07) is 13.6. The van der Waals surface area contributed by atoms with Crippen LogP contribution < -0.4 is 33.5 Å². The Labute approximate surface area is 330 Å². The van der Waals surface area contributed by atoms with Gasteiger partial charge in [0.05, 0.1) is 19.1 Å². The van der Waals surface area contributed by atoms with Gasteiger partial charge in [-0.05, 0) is 87.5 Å². The molecule has 2 aromatic rings. The highest BCUT2D eigenvalue weighted by Crippen LogP contribution is 2.30. The first kappa shape index (κ1) is 44.2. The van der Waals surface area contributed by atoms with E-state index in [0.717, 1.165) is 86.4 Å². The summed E-state index contributed by atoms with van der Waals surface area (Å²) >= 11 is 3.44. The molecule has 0 heterocycles. The molecular weight excluding hydrogens is 762 g/mol. The predicted octanol–water partition coefficient (Wildman–Crippen LogP) is 4.07. The van der Waals surface area contributed by atoms with Crippen LogP contribution in [0.5, 0.6) is 5.75 Å². The van der Waals surface area contributed by atoms with Gasteiger partial charge in [-0.2, -0.15) is 0 Å². The second kappa shape index (κ2) is 24.3. The van der Waals surface area contributed by atoms with Crippen LogP contribution in [0.15, 0.2) is 53.0 Å². The van der Waals surface area contributed by atoms with Crippen molar-refractivity contribution in [2.45, 2.75) is 116 Å². The molecule has 53 heavy (non-hydrogen) atoms. The van der Waals surface area contributed by atoms with Gasteiger partial charge in [0, 0.05) is 34.8 Å². The van der Waals surface area contributed by atoms with Crippen molar-refractivity contribution >= 4 is 39.9 Å². The van der Waals surface area contributed by atoms with Crippen LogP contribution in [0.3, 0.4) is 0 Å². The van der Waals surface area contributed by atoms with Gasteiger partial charge in [0.15, 0.2) is 0 Å². The fourth-order valence-corrected chi connectivity index (χ4v) is 7.56. The first-order chi connectivity index (χ1) is 25.2. The quantitative estimate of drug-likeness (QED) is 0.110. The summed E-state index contributed by atoms with van der Waals surface area (Å²) in [6.45, 7) is 4.14. The Balaban J connectivity index is 0.00000756. The SMILES string of the molecule is CCCCCCCCOC(=O)C1CCC(CNC(=O)[C@H](Cc2ccc(OC(=O)OCc3ccccc3Br)cc2)NC(=O)C2CCC(C[NH3+])CC2)CC1.[Cl-]. The Kier molecular flexibility index (Phi) is 20.3. The van der Waals surface area contributed by atoms with Gasteiger partial charge in [-0.15, -0.1) is 0 Å². The van der Waals surface area contributed by atoms with Crippen LogP contribution in [0, 0.1) is 23.7 Å². The van der Waals surface area contributed by atoms with Gasteiger partial charge in [-0.3, -0.25) is 14.4 Å². The highest BCUT2D eigenvalue weighted by Gasteiger charge is 2.31. The van der Waals surface area contributed by atoms with Crippen LogP contribution in [0.1, 0.15) is 108 Å². The Bertz CT molecular complexity index is 1410. The third-order valence-electron chi connectivity index (χ3n) is 10.6. The molecule has 0 radical (unpaired) electrons. The van der Waals surface area contributed by atoms with Crippen molar-refractivity contribution in [2.24, 2.45) is 23.7 Å². The second-order valence-corrected chi connectivity index (χ2v) is 15.4. The fourth-order valence-electron chi connectivity index (χ4n) is 7.16. The lowest BCUT2D eigenvalue weighted by Gasteiger charge is -2.29. The van der Waals surface area contributed by atoms with E-state index < -0.39 is 12.2 Å². The minimum atomic E-state index is -0.819. The van der Waals surface area contributed by atoms with E-state index in [4.69, 9.17) is 14.2 Å². The van der Waals surface area contributed by atoms with Gasteiger partial charge in [0.2, 0.25) is 11.8 Å². The van der Waals surface area contributed by atoms with E-state index >= 15 is 0 Å². The maximum Gasteiger partial charge on any atom is 0.514 e. The summed E-state index contributed by atoms with van der Waals surface area (Å²) in [5.41, 5.74) is 5.67. The Morgan fingerprint density at radius 3 is 2.13 bits per heavy atom. The molecule has 0 saturated heterocycles. The number of ether oxygens (including phenoxy) is 3. The van der Waals surface area contributed by atoms with Crippen LogP contribution in [0.2, 0.25) is 0 Å². The third-order valence-corrected chi connectivity index (χ3v) is 11.4. The molecule has 1 atom stereocenters. The lowest BCUT2D eigenvalue weighted by molar-refractivity contribution is -0.380. The highest BCUT2D eigenvalue weighted by molar-refractivity contribution is 9.10. The van der Waals surface area contributed by atoms with Crippen molar-refractivity contribution in [1.82, 2.24) is 10.6 Å². The number of amides is 2. The van der Waals surface area contributed by atoms with Crippen molar-refractivity contribution in [3.05, 3.63) is 64.1 Å². The number of benzene rings is 2. The molecule has 0 bridgehead atoms. The van der Waals surface area contributed by atoms with Crippen molar-refractivity contribution in [1.29, 1.82) is 0 Å². The Morgan fingerprint density at radius 2 is 1.45 bits per heavy atom. The highest BCUT2D eigenvalue weighted by atomic mass is 79.9. The molecule has 5 N–H and O–H groups in total. The molecular formula is C41H59BrClN3O7. The standard InChI is InChI=1S/C41H58BrN3O7.ClH/c1-2-3-4-5-6-9-24-50-40(48)33-20-14-31(15-21-33)27-44-39(47)37(45-38(46)32-18-12-30(26-43)13-19-32)25-29-16-22-35(23-17-29)52-41(49)51-28-34-10-7-8-11-36(34)42;/h7-8,10-11,16-17,22-23,30-33,37H,2-6,9,12-15,18-21,24-28,43H2,1H3,(H,44,47)(H,45,46);1H/t30?,31?,32?,33?,37-;/m0./s1. The van der Waals surface area contributed by atoms with E-state index in [2.05, 4.69) is 39.2 Å². The average molecular weight is 821 g/mol. The number of nitrogens with one attached hydrogen (secondary N) is 2. The molecule has 0 spiro atoms. The number of carbonyl (C=O) groups excluding carboxylic acids is 4. The number of hydrogen-bond acceptors (Lipinski definition) is 7. The average Bonchev–Trinajstić information content (AvgIpc) is 3.16. The van der Waals surface area contributed by atoms with Crippen molar-refractivity contribution < 1.29 is 51.5 Å². The van der Waals surface area contributed by atoms with Crippen LogP contribution in [-0.2, 0) is 36.9 Å². The van der Waals surface area contributed by atoms with Gasteiger partial charge in [0.25, 0.3) is 0 Å². The zero-order chi connectivity index (χ0) is 37.1. The van der Waals surface area contributed by atoms with E-state index in [1.165, 1.54) is 25.7 Å². The van der Waals surface area contributed by atoms with E-state index in [1.54, 1.807) is 24.3 Å². The Morgan fingerprint density at radius 1 is 0.811 bits per heavy atom. The van der Waals surface area contributed by atoms with Gasteiger partial charge >= 0.3 is 12.1 Å². The Hall–Kier alpha value is -3.15. The van der Waals surface area contributed by atoms with Gasteiger partial charge in [-0.25, -0.2) is 4.79 Å². The molecule has 2 aliphatic rings. The fraction of sp³-hybridized carbons (Fsp3) is 0.610. The van der Waals surface area contributed by atoms with Crippen LogP contribution in [0.25, 0.3) is 0 Å². The van der Waals surface area contributed by atoms with Crippen molar-refractivity contribution in [2.75, 3.05) is 19.7 Å². The smallest absolute Gasteiger partial charge is 0.514 e. The zero-order valence-electron chi connectivity index (χ0n) is 31.3. The van der Waals surface area contributed by atoms with Crippen molar-refractivity contribution in [3.63, 3.8) is 0 Å². The van der Waals surface area contributed by atoms with Gasteiger partial charge < -0.3 is 43.0 Å². The molecule has 10 nitrogen and oxygen atoms in total. The molecule has 2 aromatic carbocycles.